The lowest BCUT2D eigenvalue weighted by Gasteiger charge is -2.27. The Labute approximate surface area is 158 Å². The molecule has 0 spiro atoms. The summed E-state index contributed by atoms with van der Waals surface area (Å²) in [5.74, 6) is 0.797. The molecule has 1 aliphatic rings. The van der Waals surface area contributed by atoms with Gasteiger partial charge in [0.2, 0.25) is 10.0 Å². The predicted octanol–water partition coefficient (Wildman–Crippen LogP) is 3.24. The van der Waals surface area contributed by atoms with Crippen LogP contribution >= 0.6 is 0 Å². The first-order valence-corrected chi connectivity index (χ1v) is 10.2. The van der Waals surface area contributed by atoms with E-state index in [0.717, 1.165) is 27.7 Å². The SMILES string of the molecule is COc1ccc(OC)c(S(=O)(=O)N2CCc3[nH]c4ccc(C)cc4c3C2)c1. The van der Waals surface area contributed by atoms with Crippen LogP contribution in [0.25, 0.3) is 10.9 Å². The number of aryl methyl sites for hydroxylation is 1. The fourth-order valence-electron chi connectivity index (χ4n) is 3.63. The number of methoxy groups -OCH3 is 2. The normalized spacial score (nSPS) is 14.9. The van der Waals surface area contributed by atoms with Crippen molar-refractivity contribution in [3.05, 3.63) is 53.2 Å². The molecule has 2 heterocycles. The number of sulfonamides is 1. The molecule has 0 fully saturated rings. The van der Waals surface area contributed by atoms with Crippen LogP contribution < -0.4 is 9.47 Å². The van der Waals surface area contributed by atoms with Gasteiger partial charge in [0.15, 0.2) is 0 Å². The van der Waals surface area contributed by atoms with Crippen molar-refractivity contribution in [2.45, 2.75) is 24.8 Å². The minimum absolute atomic E-state index is 0.129. The second-order valence-corrected chi connectivity index (χ2v) is 8.64. The van der Waals surface area contributed by atoms with Gasteiger partial charge >= 0.3 is 0 Å². The number of nitrogens with one attached hydrogen (secondary N) is 1. The standard InChI is InChI=1S/C20H22N2O4S/c1-13-4-6-17-15(10-13)16-12-22(9-8-18(16)21-17)27(23,24)20-11-14(25-2)5-7-19(20)26-3/h4-7,10-11,21H,8-9,12H2,1-3H3. The highest BCUT2D eigenvalue weighted by molar-refractivity contribution is 7.89. The van der Waals surface area contributed by atoms with Gasteiger partial charge < -0.3 is 14.5 Å². The zero-order valence-corrected chi connectivity index (χ0v) is 16.4. The minimum Gasteiger partial charge on any atom is -0.497 e. The van der Waals surface area contributed by atoms with Gasteiger partial charge in [0, 0.05) is 42.2 Å². The summed E-state index contributed by atoms with van der Waals surface area (Å²) in [5.41, 5.74) is 4.35. The summed E-state index contributed by atoms with van der Waals surface area (Å²) in [6.07, 6.45) is 0.647. The topological polar surface area (TPSA) is 71.6 Å². The van der Waals surface area contributed by atoms with E-state index in [9.17, 15) is 8.42 Å². The molecule has 0 bridgehead atoms. The van der Waals surface area contributed by atoms with Crippen LogP contribution in [0.2, 0.25) is 0 Å². The van der Waals surface area contributed by atoms with Gasteiger partial charge in [0.25, 0.3) is 0 Å². The van der Waals surface area contributed by atoms with Crippen LogP contribution in [0.4, 0.5) is 0 Å². The fourth-order valence-corrected chi connectivity index (χ4v) is 5.21. The quantitative estimate of drug-likeness (QED) is 0.747. The minimum atomic E-state index is -3.72. The van der Waals surface area contributed by atoms with Crippen LogP contribution in [0.5, 0.6) is 11.5 Å². The molecule has 6 nitrogen and oxygen atoms in total. The molecule has 0 saturated carbocycles. The molecule has 0 saturated heterocycles. The van der Waals surface area contributed by atoms with E-state index >= 15 is 0 Å². The third kappa shape index (κ3) is 2.96. The molecule has 7 heteroatoms. The Morgan fingerprint density at radius 2 is 1.89 bits per heavy atom. The van der Waals surface area contributed by atoms with Crippen LogP contribution in [-0.2, 0) is 23.0 Å². The van der Waals surface area contributed by atoms with Gasteiger partial charge in [-0.15, -0.1) is 0 Å². The number of aromatic nitrogens is 1. The Balaban J connectivity index is 1.77. The van der Waals surface area contributed by atoms with Crippen molar-refractivity contribution in [2.24, 2.45) is 0 Å². The van der Waals surface area contributed by atoms with Gasteiger partial charge in [-0.2, -0.15) is 4.31 Å². The lowest BCUT2D eigenvalue weighted by Crippen LogP contribution is -2.36. The number of hydrogen-bond acceptors (Lipinski definition) is 4. The monoisotopic (exact) mass is 386 g/mol. The second-order valence-electron chi connectivity index (χ2n) is 6.74. The van der Waals surface area contributed by atoms with Crippen molar-refractivity contribution >= 4 is 20.9 Å². The van der Waals surface area contributed by atoms with Crippen molar-refractivity contribution in [3.8, 4) is 11.5 Å². The summed E-state index contributed by atoms with van der Waals surface area (Å²) >= 11 is 0. The van der Waals surface area contributed by atoms with E-state index in [-0.39, 0.29) is 4.90 Å². The lowest BCUT2D eigenvalue weighted by molar-refractivity contribution is 0.373. The Kier molecular flexibility index (Phi) is 4.36. The summed E-state index contributed by atoms with van der Waals surface area (Å²) < 4.78 is 38.7. The van der Waals surface area contributed by atoms with E-state index in [4.69, 9.17) is 9.47 Å². The molecule has 0 atom stereocenters. The number of ether oxygens (including phenoxy) is 2. The maximum atomic E-state index is 13.3. The highest BCUT2D eigenvalue weighted by atomic mass is 32.2. The molecule has 1 N–H and O–H groups in total. The van der Waals surface area contributed by atoms with Crippen LogP contribution in [0, 0.1) is 6.92 Å². The Morgan fingerprint density at radius 3 is 2.63 bits per heavy atom. The number of hydrogen-bond donors (Lipinski definition) is 1. The Morgan fingerprint density at radius 1 is 1.07 bits per heavy atom. The molecule has 0 aliphatic carbocycles. The highest BCUT2D eigenvalue weighted by Crippen LogP contribution is 2.35. The average molecular weight is 386 g/mol. The summed E-state index contributed by atoms with van der Waals surface area (Å²) in [7, 11) is -0.739. The number of nitrogens with zero attached hydrogens (tertiary/aromatic N) is 1. The number of rotatable bonds is 4. The van der Waals surface area contributed by atoms with E-state index in [1.54, 1.807) is 12.1 Å². The summed E-state index contributed by atoms with van der Waals surface area (Å²) in [5, 5.41) is 1.09. The van der Waals surface area contributed by atoms with Gasteiger partial charge in [-0.3, -0.25) is 0 Å². The third-order valence-corrected chi connectivity index (χ3v) is 6.95. The molecule has 0 amide bonds. The first-order chi connectivity index (χ1) is 12.9. The van der Waals surface area contributed by atoms with Gasteiger partial charge in [0.05, 0.1) is 14.2 Å². The Bertz CT molecular complexity index is 1120. The number of H-pyrrole nitrogens is 1. The molecule has 1 aromatic heterocycles. The summed E-state index contributed by atoms with van der Waals surface area (Å²) in [6, 6.07) is 11.0. The second kappa shape index (κ2) is 6.58. The van der Waals surface area contributed by atoms with Crippen molar-refractivity contribution < 1.29 is 17.9 Å². The molecular formula is C20H22N2O4S. The molecule has 0 unspecified atom stereocenters. The van der Waals surface area contributed by atoms with Crippen LogP contribution in [0.1, 0.15) is 16.8 Å². The van der Waals surface area contributed by atoms with E-state index in [2.05, 4.69) is 17.1 Å². The highest BCUT2D eigenvalue weighted by Gasteiger charge is 2.32. The number of aromatic amines is 1. The molecule has 3 aromatic rings. The van der Waals surface area contributed by atoms with E-state index < -0.39 is 10.0 Å². The van der Waals surface area contributed by atoms with Crippen molar-refractivity contribution in [1.29, 1.82) is 0 Å². The van der Waals surface area contributed by atoms with Gasteiger partial charge in [-0.05, 0) is 36.8 Å². The van der Waals surface area contributed by atoms with Crippen molar-refractivity contribution in [2.75, 3.05) is 20.8 Å². The molecule has 142 valence electrons. The molecule has 27 heavy (non-hydrogen) atoms. The van der Waals surface area contributed by atoms with Crippen molar-refractivity contribution in [3.63, 3.8) is 0 Å². The maximum absolute atomic E-state index is 13.3. The zero-order chi connectivity index (χ0) is 19.2. The van der Waals surface area contributed by atoms with E-state index in [1.807, 2.05) is 13.0 Å². The zero-order valence-electron chi connectivity index (χ0n) is 15.6. The van der Waals surface area contributed by atoms with E-state index in [1.165, 1.54) is 24.6 Å². The molecule has 0 radical (unpaired) electrons. The first kappa shape index (κ1) is 17.9. The van der Waals surface area contributed by atoms with E-state index in [0.29, 0.717) is 31.0 Å². The first-order valence-electron chi connectivity index (χ1n) is 8.76. The van der Waals surface area contributed by atoms with Gasteiger partial charge in [-0.1, -0.05) is 11.6 Å². The van der Waals surface area contributed by atoms with Gasteiger partial charge in [-0.25, -0.2) is 8.42 Å². The maximum Gasteiger partial charge on any atom is 0.247 e. The van der Waals surface area contributed by atoms with Crippen molar-refractivity contribution in [1.82, 2.24) is 9.29 Å². The Hall–Kier alpha value is -2.51. The van der Waals surface area contributed by atoms with Crippen LogP contribution in [0.3, 0.4) is 0 Å². The molecule has 4 rings (SSSR count). The predicted molar refractivity (Wildman–Crippen MR) is 104 cm³/mol. The molecule has 1 aliphatic heterocycles. The third-order valence-electron chi connectivity index (χ3n) is 5.08. The smallest absolute Gasteiger partial charge is 0.247 e. The number of fused-ring (bicyclic) bond motifs is 3. The fraction of sp³-hybridized carbons (Fsp3) is 0.300. The van der Waals surface area contributed by atoms with Crippen LogP contribution in [0.15, 0.2) is 41.3 Å². The number of benzene rings is 2. The van der Waals surface area contributed by atoms with Gasteiger partial charge in [0.1, 0.15) is 16.4 Å². The summed E-state index contributed by atoms with van der Waals surface area (Å²) in [4.78, 5) is 3.56. The lowest BCUT2D eigenvalue weighted by atomic mass is 10.0. The molecular weight excluding hydrogens is 364 g/mol. The molecule has 2 aromatic carbocycles. The summed E-state index contributed by atoms with van der Waals surface area (Å²) in [6.45, 7) is 2.79. The average Bonchev–Trinajstić information content (AvgIpc) is 3.04. The largest absolute Gasteiger partial charge is 0.497 e. The van der Waals surface area contributed by atoms with Crippen LogP contribution in [-0.4, -0.2) is 38.5 Å².